The van der Waals surface area contributed by atoms with Crippen molar-refractivity contribution in [2.75, 3.05) is 5.32 Å². The fourth-order valence-electron chi connectivity index (χ4n) is 3.92. The van der Waals surface area contributed by atoms with Crippen LogP contribution in [0.3, 0.4) is 0 Å². The highest BCUT2D eigenvalue weighted by molar-refractivity contribution is 6.18. The van der Waals surface area contributed by atoms with E-state index >= 15 is 0 Å². The Bertz CT molecular complexity index is 1000. The van der Waals surface area contributed by atoms with Gasteiger partial charge in [0.05, 0.1) is 22.6 Å². The van der Waals surface area contributed by atoms with Crippen molar-refractivity contribution in [2.45, 2.75) is 38.3 Å². The van der Waals surface area contributed by atoms with Crippen LogP contribution in [-0.4, -0.2) is 33.1 Å². The number of aliphatic hydroxyl groups is 1. The highest BCUT2D eigenvalue weighted by Gasteiger charge is 2.27. The maximum absolute atomic E-state index is 13.8. The molecule has 0 radical (unpaired) electrons. The van der Waals surface area contributed by atoms with Crippen molar-refractivity contribution < 1.29 is 14.3 Å². The summed E-state index contributed by atoms with van der Waals surface area (Å²) in [6.45, 7) is 2.09. The summed E-state index contributed by atoms with van der Waals surface area (Å²) in [5, 5.41) is 14.6. The molecule has 136 valence electrons. The Morgan fingerprint density at radius 2 is 2.23 bits per heavy atom. The van der Waals surface area contributed by atoms with Crippen LogP contribution in [0.1, 0.15) is 36.5 Å². The summed E-state index contributed by atoms with van der Waals surface area (Å²) in [7, 11) is 0. The lowest BCUT2D eigenvalue weighted by Crippen LogP contribution is -2.35. The number of primary amides is 1. The van der Waals surface area contributed by atoms with Gasteiger partial charge in [-0.3, -0.25) is 4.79 Å². The number of carbonyl (C=O) groups is 1. The van der Waals surface area contributed by atoms with Crippen LogP contribution >= 0.6 is 0 Å². The summed E-state index contributed by atoms with van der Waals surface area (Å²) in [5.41, 5.74) is 7.02. The Hall–Kier alpha value is -2.67. The molecule has 0 unspecified atom stereocenters. The molecule has 3 atom stereocenters. The molecule has 26 heavy (non-hydrogen) atoms. The molecule has 0 bridgehead atoms. The average molecular weight is 356 g/mol. The summed E-state index contributed by atoms with van der Waals surface area (Å²) < 4.78 is 13.8. The van der Waals surface area contributed by atoms with Crippen molar-refractivity contribution in [3.63, 3.8) is 0 Å². The van der Waals surface area contributed by atoms with Crippen molar-refractivity contribution in [2.24, 2.45) is 11.7 Å². The Labute approximate surface area is 149 Å². The van der Waals surface area contributed by atoms with Crippen LogP contribution in [0.25, 0.3) is 21.8 Å². The van der Waals surface area contributed by atoms with Crippen LogP contribution < -0.4 is 11.1 Å². The van der Waals surface area contributed by atoms with E-state index in [2.05, 4.69) is 22.2 Å². The maximum atomic E-state index is 13.8. The molecule has 6 nitrogen and oxygen atoms in total. The van der Waals surface area contributed by atoms with Gasteiger partial charge in [-0.05, 0) is 43.4 Å². The van der Waals surface area contributed by atoms with Gasteiger partial charge >= 0.3 is 0 Å². The van der Waals surface area contributed by atoms with Gasteiger partial charge in [-0.2, -0.15) is 0 Å². The molecule has 0 saturated heterocycles. The Morgan fingerprint density at radius 1 is 1.42 bits per heavy atom. The van der Waals surface area contributed by atoms with Crippen LogP contribution in [0.5, 0.6) is 0 Å². The van der Waals surface area contributed by atoms with Gasteiger partial charge in [0.2, 0.25) is 0 Å². The van der Waals surface area contributed by atoms with Crippen molar-refractivity contribution in [1.82, 2.24) is 9.97 Å². The second-order valence-electron chi connectivity index (χ2n) is 7.14. The van der Waals surface area contributed by atoms with Gasteiger partial charge in [-0.15, -0.1) is 0 Å². The first-order chi connectivity index (χ1) is 12.4. The van der Waals surface area contributed by atoms with Gasteiger partial charge in [0, 0.05) is 23.1 Å². The van der Waals surface area contributed by atoms with Crippen LogP contribution in [0.2, 0.25) is 0 Å². The van der Waals surface area contributed by atoms with Crippen molar-refractivity contribution in [3.8, 4) is 0 Å². The minimum atomic E-state index is -0.588. The molecular formula is C19H21FN4O2. The van der Waals surface area contributed by atoms with Crippen LogP contribution in [0.4, 0.5) is 10.2 Å². The van der Waals surface area contributed by atoms with E-state index in [-0.39, 0.29) is 29.4 Å². The molecule has 0 spiro atoms. The predicted molar refractivity (Wildman–Crippen MR) is 98.5 cm³/mol. The zero-order valence-electron chi connectivity index (χ0n) is 14.4. The lowest BCUT2D eigenvalue weighted by Gasteiger charge is -2.33. The number of benzene rings is 1. The van der Waals surface area contributed by atoms with E-state index in [4.69, 9.17) is 5.73 Å². The molecule has 1 aliphatic rings. The molecule has 0 aliphatic heterocycles. The number of hydrogen-bond acceptors (Lipinski definition) is 4. The highest BCUT2D eigenvalue weighted by Crippen LogP contribution is 2.35. The topological polar surface area (TPSA) is 104 Å². The summed E-state index contributed by atoms with van der Waals surface area (Å²) in [5.74, 6) is -0.0818. The SMILES string of the molecule is C[C@H]1C[C@H](O)CC[C@H]1Nc1ncc(C(N)=O)c2[nH]c3ccc(F)cc3c12. The van der Waals surface area contributed by atoms with E-state index in [1.54, 1.807) is 6.07 Å². The monoisotopic (exact) mass is 356 g/mol. The first-order valence-electron chi connectivity index (χ1n) is 8.78. The number of rotatable bonds is 3. The fraction of sp³-hybridized carbons (Fsp3) is 0.368. The summed E-state index contributed by atoms with van der Waals surface area (Å²) in [6, 6.07) is 4.58. The second kappa shape index (κ2) is 6.25. The van der Waals surface area contributed by atoms with E-state index < -0.39 is 5.91 Å². The Balaban J connectivity index is 1.86. The molecule has 2 aromatic heterocycles. The average Bonchev–Trinajstić information content (AvgIpc) is 2.96. The molecular weight excluding hydrogens is 335 g/mol. The normalized spacial score (nSPS) is 23.4. The summed E-state index contributed by atoms with van der Waals surface area (Å²) in [6.07, 6.45) is 3.45. The summed E-state index contributed by atoms with van der Waals surface area (Å²) >= 11 is 0. The Morgan fingerprint density at radius 3 is 2.96 bits per heavy atom. The molecule has 7 heteroatoms. The van der Waals surface area contributed by atoms with Crippen molar-refractivity contribution in [1.29, 1.82) is 0 Å². The van der Waals surface area contributed by atoms with Crippen LogP contribution in [0, 0.1) is 11.7 Å². The molecule has 1 fully saturated rings. The number of halogens is 1. The third-order valence-corrected chi connectivity index (χ3v) is 5.32. The molecule has 1 aromatic carbocycles. The largest absolute Gasteiger partial charge is 0.393 e. The lowest BCUT2D eigenvalue weighted by atomic mass is 9.84. The standard InChI is InChI=1S/C19H21FN4O2/c1-9-6-11(25)3-5-14(9)24-19-16-12-7-10(20)2-4-15(12)23-17(16)13(8-22-19)18(21)26/h2,4,7-9,11,14,23,25H,3,5-6H2,1H3,(H2,21,26)(H,22,24)/t9-,11+,14+/m0/s1. The molecule has 2 heterocycles. The minimum Gasteiger partial charge on any atom is -0.393 e. The van der Waals surface area contributed by atoms with Crippen molar-refractivity contribution in [3.05, 3.63) is 35.8 Å². The number of aromatic nitrogens is 2. The number of amides is 1. The quantitative estimate of drug-likeness (QED) is 0.579. The van der Waals surface area contributed by atoms with Gasteiger partial charge in [0.25, 0.3) is 5.91 Å². The number of pyridine rings is 1. The number of H-pyrrole nitrogens is 1. The minimum absolute atomic E-state index is 0.145. The molecule has 4 rings (SSSR count). The molecule has 1 amide bonds. The number of carbonyl (C=O) groups excluding carboxylic acids is 1. The van der Waals surface area contributed by atoms with Gasteiger partial charge in [0.1, 0.15) is 11.6 Å². The maximum Gasteiger partial charge on any atom is 0.252 e. The number of nitrogens with one attached hydrogen (secondary N) is 2. The van der Waals surface area contributed by atoms with E-state index in [9.17, 15) is 14.3 Å². The first kappa shape index (κ1) is 16.8. The zero-order chi connectivity index (χ0) is 18.4. The van der Waals surface area contributed by atoms with E-state index in [1.807, 2.05) is 0 Å². The molecule has 5 N–H and O–H groups in total. The van der Waals surface area contributed by atoms with E-state index in [0.717, 1.165) is 19.3 Å². The number of nitrogens with two attached hydrogens (primary N) is 1. The third kappa shape index (κ3) is 2.78. The smallest absolute Gasteiger partial charge is 0.252 e. The summed E-state index contributed by atoms with van der Waals surface area (Å²) in [4.78, 5) is 19.4. The number of aliphatic hydroxyl groups excluding tert-OH is 1. The van der Waals surface area contributed by atoms with Gasteiger partial charge in [-0.25, -0.2) is 9.37 Å². The lowest BCUT2D eigenvalue weighted by molar-refractivity contribution is 0.0993. The second-order valence-corrected chi connectivity index (χ2v) is 7.14. The van der Waals surface area contributed by atoms with Crippen LogP contribution in [0.15, 0.2) is 24.4 Å². The third-order valence-electron chi connectivity index (χ3n) is 5.32. The zero-order valence-corrected chi connectivity index (χ0v) is 14.4. The van der Waals surface area contributed by atoms with Gasteiger partial charge in [0.15, 0.2) is 0 Å². The van der Waals surface area contributed by atoms with Crippen molar-refractivity contribution >= 4 is 33.5 Å². The predicted octanol–water partition coefficient (Wildman–Crippen LogP) is 2.92. The molecule has 1 saturated carbocycles. The number of aromatic amines is 1. The number of fused-ring (bicyclic) bond motifs is 3. The molecule has 3 aromatic rings. The molecule has 1 aliphatic carbocycles. The fourth-order valence-corrected chi connectivity index (χ4v) is 3.92. The number of anilines is 1. The first-order valence-corrected chi connectivity index (χ1v) is 8.78. The number of nitrogens with zero attached hydrogens (tertiary/aromatic N) is 1. The van der Waals surface area contributed by atoms with E-state index in [0.29, 0.717) is 27.6 Å². The highest BCUT2D eigenvalue weighted by atomic mass is 19.1. The van der Waals surface area contributed by atoms with E-state index in [1.165, 1.54) is 18.3 Å². The number of hydrogen-bond donors (Lipinski definition) is 4. The Kier molecular flexibility index (Phi) is 4.03. The van der Waals surface area contributed by atoms with Gasteiger partial charge in [-0.1, -0.05) is 6.92 Å². The van der Waals surface area contributed by atoms with Crippen LogP contribution in [-0.2, 0) is 0 Å². The van der Waals surface area contributed by atoms with Gasteiger partial charge < -0.3 is 21.1 Å².